The molecule has 0 saturated heterocycles. The van der Waals surface area contributed by atoms with Crippen molar-refractivity contribution in [2.45, 2.75) is 51.9 Å². The maximum Gasteiger partial charge on any atom is 0.332 e. The second-order valence-electron chi connectivity index (χ2n) is 8.84. The molecule has 2 aromatic carbocycles. The Kier molecular flexibility index (Phi) is 8.72. The molecule has 6 heteroatoms. The van der Waals surface area contributed by atoms with Crippen molar-refractivity contribution in [3.63, 3.8) is 0 Å². The molecule has 0 amide bonds. The zero-order valence-corrected chi connectivity index (χ0v) is 21.4. The van der Waals surface area contributed by atoms with Crippen LogP contribution in [0.3, 0.4) is 0 Å². The van der Waals surface area contributed by atoms with Crippen LogP contribution in [0.5, 0.6) is 0 Å². The van der Waals surface area contributed by atoms with E-state index in [4.69, 9.17) is 4.84 Å². The minimum Gasteiger partial charge on any atom is -0.318 e. The van der Waals surface area contributed by atoms with Crippen LogP contribution in [0.15, 0.2) is 83.6 Å². The number of oxime groups is 1. The van der Waals surface area contributed by atoms with Crippen LogP contribution in [0, 0.1) is 22.7 Å². The van der Waals surface area contributed by atoms with Crippen LogP contribution >= 0.6 is 0 Å². The van der Waals surface area contributed by atoms with E-state index in [0.717, 1.165) is 27.8 Å². The first kappa shape index (κ1) is 27.0. The number of Topliss-reactive ketones (excluding diaryl/α,β-unsaturated/α-hetero) is 1. The molecule has 0 heterocycles. The number of benzene rings is 2. The monoisotopic (exact) mass is 491 g/mol. The predicted molar refractivity (Wildman–Crippen MR) is 144 cm³/mol. The summed E-state index contributed by atoms with van der Waals surface area (Å²) < 4.78 is 0. The second kappa shape index (κ2) is 11.9. The fraction of sp³-hybridized carbons (Fsp3) is 0.258. The van der Waals surface area contributed by atoms with Crippen molar-refractivity contribution >= 4 is 17.5 Å². The molecule has 0 saturated carbocycles. The number of ketones is 1. The van der Waals surface area contributed by atoms with Crippen LogP contribution in [0.1, 0.15) is 67.9 Å². The average molecular weight is 492 g/mol. The third kappa shape index (κ3) is 5.34. The third-order valence-corrected chi connectivity index (χ3v) is 6.74. The minimum absolute atomic E-state index is 0.0131. The van der Waals surface area contributed by atoms with Crippen molar-refractivity contribution in [3.8, 4) is 23.3 Å². The van der Waals surface area contributed by atoms with Gasteiger partial charge in [-0.2, -0.15) is 10.5 Å². The maximum absolute atomic E-state index is 13.9. The van der Waals surface area contributed by atoms with Gasteiger partial charge >= 0.3 is 5.97 Å². The number of fused-ring (bicyclic) bond motifs is 3. The topological polar surface area (TPSA) is 103 Å². The third-order valence-electron chi connectivity index (χ3n) is 6.74. The Morgan fingerprint density at radius 1 is 1.03 bits per heavy atom. The van der Waals surface area contributed by atoms with Crippen molar-refractivity contribution in [3.05, 3.63) is 95.1 Å². The van der Waals surface area contributed by atoms with Crippen LogP contribution in [0.25, 0.3) is 11.1 Å². The zero-order valence-electron chi connectivity index (χ0n) is 21.4. The molecule has 37 heavy (non-hydrogen) atoms. The number of nitrogens with zero attached hydrogens (tertiary/aromatic N) is 3. The number of carbonyl (C=O) groups excluding carboxylic acids is 2. The smallest absolute Gasteiger partial charge is 0.318 e. The molecule has 1 aliphatic carbocycles. The van der Waals surface area contributed by atoms with E-state index in [-0.39, 0.29) is 5.71 Å². The van der Waals surface area contributed by atoms with Gasteiger partial charge in [-0.3, -0.25) is 4.79 Å². The summed E-state index contributed by atoms with van der Waals surface area (Å²) in [6.45, 7) is 8.63. The molecule has 0 atom stereocenters. The first-order valence-electron chi connectivity index (χ1n) is 12.1. The van der Waals surface area contributed by atoms with Crippen molar-refractivity contribution in [1.82, 2.24) is 0 Å². The average Bonchev–Trinajstić information content (AvgIpc) is 3.18. The van der Waals surface area contributed by atoms with Gasteiger partial charge < -0.3 is 4.84 Å². The van der Waals surface area contributed by atoms with E-state index in [2.05, 4.69) is 23.9 Å². The highest BCUT2D eigenvalue weighted by atomic mass is 16.7. The Hall–Kier alpha value is -4.55. The van der Waals surface area contributed by atoms with Crippen molar-refractivity contribution < 1.29 is 14.4 Å². The molecule has 1 aliphatic rings. The van der Waals surface area contributed by atoms with Crippen LogP contribution in [0.4, 0.5) is 0 Å². The normalized spacial score (nSPS) is 14.1. The molecule has 6 nitrogen and oxygen atoms in total. The first-order chi connectivity index (χ1) is 17.8. The van der Waals surface area contributed by atoms with E-state index < -0.39 is 17.2 Å². The summed E-state index contributed by atoms with van der Waals surface area (Å²) in [6.07, 6.45) is 6.71. The maximum atomic E-state index is 13.9. The molecule has 0 aromatic heterocycles. The molecule has 2 aromatic rings. The van der Waals surface area contributed by atoms with Gasteiger partial charge in [0, 0.05) is 36.3 Å². The van der Waals surface area contributed by atoms with Crippen LogP contribution < -0.4 is 0 Å². The lowest BCUT2D eigenvalue weighted by Crippen LogP contribution is -2.26. The fourth-order valence-corrected chi connectivity index (χ4v) is 4.93. The van der Waals surface area contributed by atoms with Gasteiger partial charge in [0.25, 0.3) is 0 Å². The van der Waals surface area contributed by atoms with Crippen molar-refractivity contribution in [1.29, 1.82) is 10.5 Å². The second-order valence-corrected chi connectivity index (χ2v) is 8.84. The van der Waals surface area contributed by atoms with Gasteiger partial charge in [0.1, 0.15) is 0 Å². The molecule has 186 valence electrons. The van der Waals surface area contributed by atoms with Gasteiger partial charge in [0.05, 0.1) is 12.1 Å². The van der Waals surface area contributed by atoms with E-state index in [1.165, 1.54) is 6.92 Å². The van der Waals surface area contributed by atoms with Gasteiger partial charge in [0.2, 0.25) is 5.78 Å². The molecular weight excluding hydrogens is 462 g/mol. The SMILES string of the molecule is C=C/C=C(C(\C)=C/C)/C(=N\OC(C)=O)C(=O)c1ccc2c(c1)C(CCC#N)(CCC#N)c1ccccc1-2. The zero-order chi connectivity index (χ0) is 27.0. The molecule has 0 spiro atoms. The molecule has 0 unspecified atom stereocenters. The summed E-state index contributed by atoms with van der Waals surface area (Å²) >= 11 is 0. The summed E-state index contributed by atoms with van der Waals surface area (Å²) in [5.41, 5.74) is 5.04. The lowest BCUT2D eigenvalue weighted by molar-refractivity contribution is -0.140. The predicted octanol–water partition coefficient (Wildman–Crippen LogP) is 6.74. The minimum atomic E-state index is -0.641. The molecule has 3 rings (SSSR count). The Morgan fingerprint density at radius 3 is 2.27 bits per heavy atom. The number of carbonyl (C=O) groups is 2. The fourth-order valence-electron chi connectivity index (χ4n) is 4.93. The van der Waals surface area contributed by atoms with Gasteiger partial charge in [-0.15, -0.1) is 0 Å². The lowest BCUT2D eigenvalue weighted by Gasteiger charge is -2.31. The highest BCUT2D eigenvalue weighted by Crippen LogP contribution is 2.53. The van der Waals surface area contributed by atoms with Crippen molar-refractivity contribution in [2.24, 2.45) is 5.16 Å². The highest BCUT2D eigenvalue weighted by molar-refractivity contribution is 6.52. The summed E-state index contributed by atoms with van der Waals surface area (Å²) in [7, 11) is 0. The standard InChI is InChI=1S/C31H29N3O3/c1-5-11-24(21(3)6-2)29(34-37-22(4)35)30(36)23-14-15-26-25-12-7-8-13-27(25)31(16-9-18-32,17-10-19-33)28(26)20-23/h5-8,11-15,20H,1,9-10,16-17H2,2-4H3/b21-6-,24-11+,34-29+. The Labute approximate surface area is 217 Å². The molecule has 0 fully saturated rings. The highest BCUT2D eigenvalue weighted by Gasteiger charge is 2.42. The summed E-state index contributed by atoms with van der Waals surface area (Å²) in [6, 6.07) is 18.0. The van der Waals surface area contributed by atoms with Gasteiger partial charge in [-0.1, -0.05) is 66.4 Å². The Morgan fingerprint density at radius 2 is 1.68 bits per heavy atom. The van der Waals surface area contributed by atoms with Crippen LogP contribution in [-0.4, -0.2) is 17.5 Å². The van der Waals surface area contributed by atoms with E-state index in [1.807, 2.05) is 56.3 Å². The molecule has 0 aliphatic heterocycles. The number of rotatable bonds is 10. The molecule has 0 N–H and O–H groups in total. The summed E-state index contributed by atoms with van der Waals surface area (Å²) in [5, 5.41) is 22.8. The largest absolute Gasteiger partial charge is 0.332 e. The van der Waals surface area contributed by atoms with Crippen LogP contribution in [-0.2, 0) is 15.0 Å². The van der Waals surface area contributed by atoms with E-state index >= 15 is 0 Å². The van der Waals surface area contributed by atoms with E-state index in [0.29, 0.717) is 36.8 Å². The van der Waals surface area contributed by atoms with E-state index in [9.17, 15) is 20.1 Å². The van der Waals surface area contributed by atoms with Gasteiger partial charge in [-0.05, 0) is 60.6 Å². The van der Waals surface area contributed by atoms with Gasteiger partial charge in [0.15, 0.2) is 5.71 Å². The molecule has 0 radical (unpaired) electrons. The van der Waals surface area contributed by atoms with E-state index in [1.54, 1.807) is 18.2 Å². The summed E-state index contributed by atoms with van der Waals surface area (Å²) in [5.74, 6) is -1.05. The quantitative estimate of drug-likeness (QED) is 0.120. The molecule has 0 bridgehead atoms. The molecular formula is C31H29N3O3. The van der Waals surface area contributed by atoms with Gasteiger partial charge in [-0.25, -0.2) is 4.79 Å². The first-order valence-corrected chi connectivity index (χ1v) is 12.1. The number of nitriles is 2. The number of hydrogen-bond donors (Lipinski definition) is 0. The number of hydrogen-bond acceptors (Lipinski definition) is 6. The lowest BCUT2D eigenvalue weighted by atomic mass is 9.71. The Bertz CT molecular complexity index is 1400. The number of allylic oxidation sites excluding steroid dienone is 5. The Balaban J connectivity index is 2.23. The van der Waals surface area contributed by atoms with Crippen LogP contribution in [0.2, 0.25) is 0 Å². The van der Waals surface area contributed by atoms with Crippen molar-refractivity contribution in [2.75, 3.05) is 0 Å². The summed E-state index contributed by atoms with van der Waals surface area (Å²) in [4.78, 5) is 30.3.